The van der Waals surface area contributed by atoms with Crippen LogP contribution in [0, 0.1) is 5.41 Å². The molecule has 2 aromatic carbocycles. The number of esters is 1. The van der Waals surface area contributed by atoms with E-state index >= 15 is 0 Å². The second-order valence-corrected chi connectivity index (χ2v) is 9.21. The fourth-order valence-corrected chi connectivity index (χ4v) is 4.32. The molecule has 0 N–H and O–H groups in total. The first-order valence-corrected chi connectivity index (χ1v) is 11.8. The van der Waals surface area contributed by atoms with Crippen molar-refractivity contribution < 1.29 is 45.4 Å². The van der Waals surface area contributed by atoms with Crippen LogP contribution in [-0.4, -0.2) is 56.1 Å². The van der Waals surface area contributed by atoms with Gasteiger partial charge in [0.25, 0.3) is 0 Å². The van der Waals surface area contributed by atoms with E-state index in [9.17, 15) is 35.9 Å². The van der Waals surface area contributed by atoms with Crippen molar-refractivity contribution in [3.8, 4) is 0 Å². The van der Waals surface area contributed by atoms with E-state index in [-0.39, 0.29) is 36.8 Å². The fraction of sp³-hybridized carbons (Fsp3) is 0.400. The lowest BCUT2D eigenvalue weighted by Crippen LogP contribution is -2.43. The lowest BCUT2D eigenvalue weighted by Gasteiger charge is -2.26. The summed E-state index contributed by atoms with van der Waals surface area (Å²) in [5, 5.41) is 4.97. The van der Waals surface area contributed by atoms with Crippen molar-refractivity contribution in [2.75, 3.05) is 38.4 Å². The predicted molar refractivity (Wildman–Crippen MR) is 130 cm³/mol. The third-order valence-corrected chi connectivity index (χ3v) is 6.23. The van der Waals surface area contributed by atoms with Crippen LogP contribution < -0.4 is 4.90 Å². The highest BCUT2D eigenvalue weighted by Gasteiger charge is 2.48. The van der Waals surface area contributed by atoms with Crippen LogP contribution in [0.2, 0.25) is 5.02 Å². The molecule has 0 aliphatic carbocycles. The number of hydrogen-bond donors (Lipinski definition) is 0. The number of alkyl halides is 6. The molecule has 2 aromatic rings. The van der Waals surface area contributed by atoms with Crippen LogP contribution in [0.25, 0.3) is 0 Å². The van der Waals surface area contributed by atoms with Gasteiger partial charge in [-0.2, -0.15) is 31.4 Å². The molecule has 14 heteroatoms. The highest BCUT2D eigenvalue weighted by Crippen LogP contribution is 2.38. The Morgan fingerprint density at radius 3 is 2.23 bits per heavy atom. The standard InChI is InChI=1S/C25H24ClF6N3O4/c1-4-39-22(37)23(2)13-34(33-21(23)15-5-10-18(19(26)11-15)25(30,31)32)12-20(36)35(14-38-3)17-8-6-16(7-9-17)24(27,28)29/h5-11H,4,12-14H2,1-3H3. The smallest absolute Gasteiger partial charge is 0.417 e. The monoisotopic (exact) mass is 579 g/mol. The van der Waals surface area contributed by atoms with Gasteiger partial charge in [0.05, 0.1) is 35.0 Å². The van der Waals surface area contributed by atoms with Gasteiger partial charge in [-0.15, -0.1) is 0 Å². The van der Waals surface area contributed by atoms with E-state index in [0.717, 1.165) is 47.4 Å². The first-order valence-electron chi connectivity index (χ1n) is 11.5. The maximum Gasteiger partial charge on any atom is 0.417 e. The number of benzene rings is 2. The summed E-state index contributed by atoms with van der Waals surface area (Å²) >= 11 is 5.88. The quantitative estimate of drug-likeness (QED) is 0.231. The zero-order valence-electron chi connectivity index (χ0n) is 21.0. The van der Waals surface area contributed by atoms with E-state index in [1.807, 2.05) is 0 Å². The highest BCUT2D eigenvalue weighted by atomic mass is 35.5. The Bertz CT molecular complexity index is 1250. The molecule has 0 fully saturated rings. The number of carbonyl (C=O) groups excluding carboxylic acids is 2. The summed E-state index contributed by atoms with van der Waals surface area (Å²) in [6.07, 6.45) is -9.26. The van der Waals surface area contributed by atoms with Gasteiger partial charge in [0.15, 0.2) is 0 Å². The average Bonchev–Trinajstić information content (AvgIpc) is 3.18. The molecule has 1 amide bonds. The largest absolute Gasteiger partial charge is 0.465 e. The van der Waals surface area contributed by atoms with E-state index in [0.29, 0.717) is 0 Å². The van der Waals surface area contributed by atoms with Crippen molar-refractivity contribution in [3.05, 3.63) is 64.2 Å². The Kier molecular flexibility index (Phi) is 8.85. The first kappa shape index (κ1) is 30.2. The lowest BCUT2D eigenvalue weighted by molar-refractivity contribution is -0.150. The number of methoxy groups -OCH3 is 1. The Balaban J connectivity index is 1.93. The zero-order chi connectivity index (χ0) is 29.2. The maximum absolute atomic E-state index is 13.2. The van der Waals surface area contributed by atoms with Crippen molar-refractivity contribution >= 4 is 34.9 Å². The summed E-state index contributed by atoms with van der Waals surface area (Å²) in [6.45, 7) is 2.18. The van der Waals surface area contributed by atoms with Crippen LogP contribution in [-0.2, 0) is 31.4 Å². The van der Waals surface area contributed by atoms with Gasteiger partial charge in [-0.05, 0) is 50.2 Å². The predicted octanol–water partition coefficient (Wildman–Crippen LogP) is 5.60. The van der Waals surface area contributed by atoms with Crippen molar-refractivity contribution in [3.63, 3.8) is 0 Å². The number of carbonyl (C=O) groups is 2. The fourth-order valence-electron chi connectivity index (χ4n) is 4.03. The zero-order valence-corrected chi connectivity index (χ0v) is 21.7. The summed E-state index contributed by atoms with van der Waals surface area (Å²) < 4.78 is 88.6. The topological polar surface area (TPSA) is 71.4 Å². The van der Waals surface area contributed by atoms with Crippen molar-refractivity contribution in [2.45, 2.75) is 26.2 Å². The Labute approximate surface area is 224 Å². The average molecular weight is 580 g/mol. The maximum atomic E-state index is 13.2. The molecule has 0 saturated carbocycles. The number of hydrazone groups is 1. The molecule has 212 valence electrons. The highest BCUT2D eigenvalue weighted by molar-refractivity contribution is 6.32. The minimum absolute atomic E-state index is 0.0178. The van der Waals surface area contributed by atoms with Gasteiger partial charge < -0.3 is 9.47 Å². The van der Waals surface area contributed by atoms with Crippen LogP contribution in [0.15, 0.2) is 47.6 Å². The van der Waals surface area contributed by atoms with Crippen LogP contribution in [0.4, 0.5) is 32.0 Å². The number of amides is 1. The van der Waals surface area contributed by atoms with E-state index in [2.05, 4.69) is 5.10 Å². The number of hydrogen-bond acceptors (Lipinski definition) is 6. The summed E-state index contributed by atoms with van der Waals surface area (Å²) in [4.78, 5) is 27.2. The third-order valence-electron chi connectivity index (χ3n) is 5.92. The molecule has 0 aromatic heterocycles. The molecule has 0 bridgehead atoms. The van der Waals surface area contributed by atoms with Gasteiger partial charge in [0.1, 0.15) is 18.7 Å². The summed E-state index contributed by atoms with van der Waals surface area (Å²) in [6, 6.07) is 6.80. The molecule has 0 spiro atoms. The molecule has 0 saturated heterocycles. The Hall–Kier alpha value is -3.32. The van der Waals surface area contributed by atoms with Crippen molar-refractivity contribution in [1.29, 1.82) is 0 Å². The molecule has 1 aliphatic rings. The Morgan fingerprint density at radius 2 is 1.72 bits per heavy atom. The van der Waals surface area contributed by atoms with E-state index in [1.165, 1.54) is 19.0 Å². The van der Waals surface area contributed by atoms with Gasteiger partial charge in [-0.25, -0.2) is 0 Å². The summed E-state index contributed by atoms with van der Waals surface area (Å²) in [7, 11) is 1.29. The SMILES string of the molecule is CCOC(=O)C1(C)CN(CC(=O)N(COC)c2ccc(C(F)(F)F)cc2)N=C1c1ccc(C(F)(F)F)c(Cl)c1. The van der Waals surface area contributed by atoms with Crippen molar-refractivity contribution in [1.82, 2.24) is 5.01 Å². The molecule has 1 aliphatic heterocycles. The number of anilines is 1. The number of halogens is 7. The second-order valence-electron chi connectivity index (χ2n) is 8.80. The van der Waals surface area contributed by atoms with Gasteiger partial charge in [0.2, 0.25) is 5.91 Å². The van der Waals surface area contributed by atoms with E-state index in [1.54, 1.807) is 6.92 Å². The molecule has 1 heterocycles. The van der Waals surface area contributed by atoms with E-state index in [4.69, 9.17) is 21.1 Å². The molecular weight excluding hydrogens is 556 g/mol. The Morgan fingerprint density at radius 1 is 1.08 bits per heavy atom. The van der Waals surface area contributed by atoms with Crippen LogP contribution in [0.3, 0.4) is 0 Å². The van der Waals surface area contributed by atoms with Gasteiger partial charge in [-0.3, -0.25) is 19.5 Å². The van der Waals surface area contributed by atoms with Crippen LogP contribution in [0.1, 0.15) is 30.5 Å². The lowest BCUT2D eigenvalue weighted by atomic mass is 9.82. The van der Waals surface area contributed by atoms with E-state index < -0.39 is 52.3 Å². The molecule has 39 heavy (non-hydrogen) atoms. The number of rotatable bonds is 8. The molecule has 0 radical (unpaired) electrons. The minimum Gasteiger partial charge on any atom is -0.465 e. The van der Waals surface area contributed by atoms with Gasteiger partial charge >= 0.3 is 18.3 Å². The van der Waals surface area contributed by atoms with Crippen molar-refractivity contribution in [2.24, 2.45) is 10.5 Å². The van der Waals surface area contributed by atoms with Crippen LogP contribution in [0.5, 0.6) is 0 Å². The first-order chi connectivity index (χ1) is 18.1. The van der Waals surface area contributed by atoms with Crippen LogP contribution >= 0.6 is 11.6 Å². The molecule has 7 nitrogen and oxygen atoms in total. The number of ether oxygens (including phenoxy) is 2. The summed E-state index contributed by atoms with van der Waals surface area (Å²) in [5.41, 5.74) is -3.15. The number of nitrogens with zero attached hydrogens (tertiary/aromatic N) is 3. The second kappa shape index (κ2) is 11.4. The third kappa shape index (κ3) is 6.64. The van der Waals surface area contributed by atoms with Gasteiger partial charge in [0, 0.05) is 18.4 Å². The van der Waals surface area contributed by atoms with Gasteiger partial charge in [-0.1, -0.05) is 17.7 Å². The molecular formula is C25H24ClF6N3O4. The minimum atomic E-state index is -4.70. The summed E-state index contributed by atoms with van der Waals surface area (Å²) in [5.74, 6) is -1.34. The molecule has 1 atom stereocenters. The molecule has 3 rings (SSSR count). The molecule has 1 unspecified atom stereocenters. The normalized spacial score (nSPS) is 17.7.